The topological polar surface area (TPSA) is 32.3 Å². The van der Waals surface area contributed by atoms with Crippen molar-refractivity contribution in [1.29, 1.82) is 0 Å². The molecule has 0 spiro atoms. The van der Waals surface area contributed by atoms with E-state index in [2.05, 4.69) is 27.9 Å². The van der Waals surface area contributed by atoms with Gasteiger partial charge in [-0.3, -0.25) is 4.79 Å². The molecule has 2 fully saturated rings. The van der Waals surface area contributed by atoms with Crippen LogP contribution in [0, 0.1) is 3.57 Å². The van der Waals surface area contributed by atoms with Crippen LogP contribution < -0.4 is 5.32 Å². The van der Waals surface area contributed by atoms with Gasteiger partial charge in [-0.15, -0.1) is 12.4 Å². The van der Waals surface area contributed by atoms with Gasteiger partial charge < -0.3 is 10.2 Å². The van der Waals surface area contributed by atoms with Crippen molar-refractivity contribution >= 4 is 40.9 Å². The van der Waals surface area contributed by atoms with Crippen molar-refractivity contribution in [2.45, 2.75) is 43.8 Å². The van der Waals surface area contributed by atoms with Crippen LogP contribution in [-0.2, 0) is 0 Å². The molecule has 1 amide bonds. The number of benzene rings is 1. The first-order valence-electron chi connectivity index (χ1n) is 6.92. The van der Waals surface area contributed by atoms with Crippen LogP contribution in [0.4, 0.5) is 0 Å². The van der Waals surface area contributed by atoms with Crippen molar-refractivity contribution in [2.24, 2.45) is 0 Å². The summed E-state index contributed by atoms with van der Waals surface area (Å²) in [6.45, 7) is 0. The van der Waals surface area contributed by atoms with Crippen molar-refractivity contribution in [2.75, 3.05) is 7.05 Å². The zero-order chi connectivity index (χ0) is 13.4. The van der Waals surface area contributed by atoms with Crippen molar-refractivity contribution in [3.8, 4) is 0 Å². The minimum absolute atomic E-state index is 0. The Labute approximate surface area is 140 Å². The van der Waals surface area contributed by atoms with Crippen LogP contribution in [0.1, 0.15) is 36.0 Å². The number of piperidine rings is 1. The third kappa shape index (κ3) is 3.28. The van der Waals surface area contributed by atoms with E-state index in [1.807, 2.05) is 36.2 Å². The smallest absolute Gasteiger partial charge is 0.253 e. The first kappa shape index (κ1) is 16.0. The van der Waals surface area contributed by atoms with E-state index in [1.54, 1.807) is 0 Å². The average Bonchev–Trinajstić information content (AvgIpc) is 2.76. The molecular weight excluding hydrogens is 387 g/mol. The highest BCUT2D eigenvalue weighted by Crippen LogP contribution is 2.29. The first-order valence-corrected chi connectivity index (χ1v) is 8.00. The van der Waals surface area contributed by atoms with Crippen molar-refractivity contribution in [3.63, 3.8) is 0 Å². The number of hydrogen-bond donors (Lipinski definition) is 1. The lowest BCUT2D eigenvalue weighted by atomic mass is 9.98. The van der Waals surface area contributed by atoms with Gasteiger partial charge in [0.2, 0.25) is 0 Å². The summed E-state index contributed by atoms with van der Waals surface area (Å²) in [6.07, 6.45) is 4.74. The lowest BCUT2D eigenvalue weighted by Crippen LogP contribution is -2.48. The summed E-state index contributed by atoms with van der Waals surface area (Å²) in [7, 11) is 1.96. The molecule has 3 rings (SSSR count). The van der Waals surface area contributed by atoms with Gasteiger partial charge in [0, 0.05) is 34.3 Å². The molecular formula is C15H20ClIN2O. The molecule has 0 saturated carbocycles. The zero-order valence-corrected chi connectivity index (χ0v) is 14.5. The average molecular weight is 407 g/mol. The van der Waals surface area contributed by atoms with Crippen LogP contribution in [0.2, 0.25) is 0 Å². The lowest BCUT2D eigenvalue weighted by molar-refractivity contribution is 0.0681. The molecule has 0 aliphatic carbocycles. The summed E-state index contributed by atoms with van der Waals surface area (Å²) >= 11 is 2.25. The largest absolute Gasteiger partial charge is 0.339 e. The molecule has 2 heterocycles. The molecule has 2 saturated heterocycles. The quantitative estimate of drug-likeness (QED) is 0.766. The monoisotopic (exact) mass is 406 g/mol. The minimum atomic E-state index is 0. The fourth-order valence-electron chi connectivity index (χ4n) is 3.33. The number of fused-ring (bicyclic) bond motifs is 2. The molecule has 2 unspecified atom stereocenters. The van der Waals surface area contributed by atoms with Gasteiger partial charge in [0.1, 0.15) is 0 Å². The van der Waals surface area contributed by atoms with Crippen LogP contribution in [0.5, 0.6) is 0 Å². The van der Waals surface area contributed by atoms with Gasteiger partial charge in [-0.1, -0.05) is 6.07 Å². The predicted octanol–water partition coefficient (Wildman–Crippen LogP) is 3.07. The molecule has 110 valence electrons. The minimum Gasteiger partial charge on any atom is -0.339 e. The van der Waals surface area contributed by atoms with Crippen LogP contribution in [-0.4, -0.2) is 36.0 Å². The van der Waals surface area contributed by atoms with E-state index in [4.69, 9.17) is 0 Å². The summed E-state index contributed by atoms with van der Waals surface area (Å²) in [5.41, 5.74) is 0.806. The molecule has 0 aromatic heterocycles. The highest BCUT2D eigenvalue weighted by molar-refractivity contribution is 14.1. The molecule has 3 nitrogen and oxygen atoms in total. The Hall–Kier alpha value is -0.330. The number of rotatable bonds is 2. The number of hydrogen-bond acceptors (Lipinski definition) is 2. The third-order valence-corrected chi connectivity index (χ3v) is 5.06. The summed E-state index contributed by atoms with van der Waals surface area (Å²) in [4.78, 5) is 14.5. The Morgan fingerprint density at radius 1 is 1.30 bits per heavy atom. The fraction of sp³-hybridized carbons (Fsp3) is 0.533. The molecule has 2 aliphatic heterocycles. The Morgan fingerprint density at radius 3 is 2.55 bits per heavy atom. The third-order valence-electron chi connectivity index (χ3n) is 4.39. The van der Waals surface area contributed by atoms with E-state index >= 15 is 0 Å². The van der Waals surface area contributed by atoms with Crippen molar-refractivity contribution < 1.29 is 4.79 Å². The van der Waals surface area contributed by atoms with E-state index in [0.717, 1.165) is 22.0 Å². The number of amides is 1. The molecule has 1 aromatic carbocycles. The molecule has 20 heavy (non-hydrogen) atoms. The van der Waals surface area contributed by atoms with Gasteiger partial charge in [0.05, 0.1) is 0 Å². The summed E-state index contributed by atoms with van der Waals surface area (Å²) in [5.74, 6) is 0.157. The molecule has 2 aliphatic rings. The molecule has 2 atom stereocenters. The van der Waals surface area contributed by atoms with E-state index < -0.39 is 0 Å². The number of carbonyl (C=O) groups is 1. The summed E-state index contributed by atoms with van der Waals surface area (Å²) in [5, 5.41) is 3.62. The van der Waals surface area contributed by atoms with Gasteiger partial charge in [0.15, 0.2) is 0 Å². The summed E-state index contributed by atoms with van der Waals surface area (Å²) < 4.78 is 1.11. The van der Waals surface area contributed by atoms with E-state index in [1.165, 1.54) is 12.8 Å². The van der Waals surface area contributed by atoms with Crippen LogP contribution in [0.25, 0.3) is 0 Å². The highest BCUT2D eigenvalue weighted by atomic mass is 127. The maximum Gasteiger partial charge on any atom is 0.253 e. The molecule has 1 N–H and O–H groups in total. The number of carbonyl (C=O) groups excluding carboxylic acids is 1. The second-order valence-electron chi connectivity index (χ2n) is 5.69. The van der Waals surface area contributed by atoms with Gasteiger partial charge in [-0.25, -0.2) is 0 Å². The van der Waals surface area contributed by atoms with Crippen LogP contribution >= 0.6 is 35.0 Å². The van der Waals surface area contributed by atoms with Crippen molar-refractivity contribution in [3.05, 3.63) is 33.4 Å². The van der Waals surface area contributed by atoms with Crippen LogP contribution in [0.3, 0.4) is 0 Å². The van der Waals surface area contributed by atoms with Gasteiger partial charge in [0.25, 0.3) is 5.91 Å². The molecule has 2 bridgehead atoms. The van der Waals surface area contributed by atoms with Gasteiger partial charge in [-0.2, -0.15) is 0 Å². The first-order chi connectivity index (χ1) is 9.13. The fourth-order valence-corrected chi connectivity index (χ4v) is 3.88. The molecule has 5 heteroatoms. The lowest BCUT2D eigenvalue weighted by Gasteiger charge is -2.35. The second-order valence-corrected chi connectivity index (χ2v) is 6.94. The Morgan fingerprint density at radius 2 is 1.95 bits per heavy atom. The number of nitrogens with zero attached hydrogens (tertiary/aromatic N) is 1. The Kier molecular flexibility index (Phi) is 5.31. The standard InChI is InChI=1S/C15H19IN2O.ClH/c1-18(14-8-12-5-6-13(9-14)17-12)15(19)10-3-2-4-11(16)7-10;/h2-4,7,12-14,17H,5-6,8-9H2,1H3;1H. The Bertz CT molecular complexity index is 485. The zero-order valence-electron chi connectivity index (χ0n) is 11.5. The van der Waals surface area contributed by atoms with E-state index in [0.29, 0.717) is 18.1 Å². The van der Waals surface area contributed by atoms with Gasteiger partial charge >= 0.3 is 0 Å². The van der Waals surface area contributed by atoms with E-state index in [9.17, 15) is 4.79 Å². The molecule has 0 radical (unpaired) electrons. The van der Waals surface area contributed by atoms with Crippen LogP contribution in [0.15, 0.2) is 24.3 Å². The number of halogens is 2. The molecule has 1 aromatic rings. The van der Waals surface area contributed by atoms with Gasteiger partial charge in [-0.05, 0) is 66.5 Å². The predicted molar refractivity (Wildman–Crippen MR) is 91.5 cm³/mol. The summed E-state index contributed by atoms with van der Waals surface area (Å²) in [6, 6.07) is 9.48. The maximum atomic E-state index is 12.5. The maximum absolute atomic E-state index is 12.5. The number of nitrogens with one attached hydrogen (secondary N) is 1. The van der Waals surface area contributed by atoms with E-state index in [-0.39, 0.29) is 18.3 Å². The highest BCUT2D eigenvalue weighted by Gasteiger charge is 2.36. The Balaban J connectivity index is 0.00000147. The SMILES string of the molecule is CN(C(=O)c1cccc(I)c1)C1CC2CCC(C1)N2.Cl. The second kappa shape index (κ2) is 6.62. The normalized spacial score (nSPS) is 27.8. The van der Waals surface area contributed by atoms with Crippen molar-refractivity contribution in [1.82, 2.24) is 10.2 Å².